The van der Waals surface area contributed by atoms with Crippen LogP contribution in [0.3, 0.4) is 0 Å². The molecule has 0 saturated carbocycles. The molecule has 0 aliphatic carbocycles. The quantitative estimate of drug-likeness (QED) is 0.860. The number of rotatable bonds is 4. The first-order valence-electron chi connectivity index (χ1n) is 9.18. The standard InChI is InChI=1S/C22H26N2O2/c1-15-10-11-17(13-16(15)2)21(25)19-8-4-5-9-20(19)22(26)24-12-6-7-18(14-24)23-3/h4-5,8-11,13,18,23H,6-7,12,14H2,1-3H3. The number of carbonyl (C=O) groups excluding carboxylic acids is 2. The molecule has 4 heteroatoms. The molecule has 1 amide bonds. The van der Waals surface area contributed by atoms with E-state index < -0.39 is 0 Å². The molecule has 1 aliphatic heterocycles. The zero-order valence-corrected chi connectivity index (χ0v) is 15.7. The molecule has 1 fully saturated rings. The molecule has 26 heavy (non-hydrogen) atoms. The fourth-order valence-corrected chi connectivity index (χ4v) is 3.47. The van der Waals surface area contributed by atoms with Gasteiger partial charge in [0.1, 0.15) is 0 Å². The van der Waals surface area contributed by atoms with Crippen molar-refractivity contribution in [1.29, 1.82) is 0 Å². The van der Waals surface area contributed by atoms with Crippen molar-refractivity contribution in [3.05, 3.63) is 70.3 Å². The number of hydrogen-bond acceptors (Lipinski definition) is 3. The van der Waals surface area contributed by atoms with Crippen LogP contribution in [-0.2, 0) is 0 Å². The van der Waals surface area contributed by atoms with Gasteiger partial charge in [0.15, 0.2) is 5.78 Å². The van der Waals surface area contributed by atoms with Crippen LogP contribution in [0.1, 0.15) is 50.2 Å². The van der Waals surface area contributed by atoms with Crippen LogP contribution in [0.2, 0.25) is 0 Å². The summed E-state index contributed by atoms with van der Waals surface area (Å²) in [4.78, 5) is 28.0. The van der Waals surface area contributed by atoms with Gasteiger partial charge in [0.2, 0.25) is 0 Å². The van der Waals surface area contributed by atoms with Gasteiger partial charge in [-0.1, -0.05) is 30.3 Å². The Balaban J connectivity index is 1.91. The Hall–Kier alpha value is -2.46. The summed E-state index contributed by atoms with van der Waals surface area (Å²) in [7, 11) is 1.93. The molecule has 0 aromatic heterocycles. The lowest BCUT2D eigenvalue weighted by atomic mass is 9.95. The number of hydrogen-bond donors (Lipinski definition) is 1. The lowest BCUT2D eigenvalue weighted by Crippen LogP contribution is -2.47. The molecule has 1 heterocycles. The summed E-state index contributed by atoms with van der Waals surface area (Å²) in [5.74, 6) is -0.156. The number of benzene rings is 2. The molecule has 0 bridgehead atoms. The third kappa shape index (κ3) is 3.70. The number of carbonyl (C=O) groups is 2. The molecule has 1 N–H and O–H groups in total. The van der Waals surface area contributed by atoms with E-state index in [1.54, 1.807) is 12.1 Å². The highest BCUT2D eigenvalue weighted by Crippen LogP contribution is 2.20. The Morgan fingerprint density at radius 2 is 1.77 bits per heavy atom. The highest BCUT2D eigenvalue weighted by Gasteiger charge is 2.26. The molecule has 1 aliphatic rings. The molecule has 1 atom stereocenters. The molecule has 3 rings (SSSR count). The van der Waals surface area contributed by atoms with Crippen molar-refractivity contribution in [3.8, 4) is 0 Å². The SMILES string of the molecule is CNC1CCCN(C(=O)c2ccccc2C(=O)c2ccc(C)c(C)c2)C1. The number of ketones is 1. The minimum Gasteiger partial charge on any atom is -0.337 e. The molecule has 2 aromatic rings. The molecule has 0 spiro atoms. The molecule has 136 valence electrons. The van der Waals surface area contributed by atoms with Crippen LogP contribution in [0.15, 0.2) is 42.5 Å². The van der Waals surface area contributed by atoms with Gasteiger partial charge in [-0.3, -0.25) is 9.59 Å². The summed E-state index contributed by atoms with van der Waals surface area (Å²) in [6, 6.07) is 13.2. The third-order valence-electron chi connectivity index (χ3n) is 5.29. The maximum Gasteiger partial charge on any atom is 0.254 e. The Morgan fingerprint density at radius 3 is 2.46 bits per heavy atom. The van der Waals surface area contributed by atoms with E-state index in [2.05, 4.69) is 5.32 Å². The van der Waals surface area contributed by atoms with E-state index in [4.69, 9.17) is 0 Å². The van der Waals surface area contributed by atoms with E-state index in [0.717, 1.165) is 30.5 Å². The van der Waals surface area contributed by atoms with Crippen molar-refractivity contribution in [2.45, 2.75) is 32.7 Å². The maximum absolute atomic E-state index is 13.1. The zero-order chi connectivity index (χ0) is 18.7. The number of likely N-dealkylation sites (N-methyl/N-ethyl adjacent to an activating group) is 1. The molecule has 1 saturated heterocycles. The van der Waals surface area contributed by atoms with Crippen LogP contribution < -0.4 is 5.32 Å². The summed E-state index contributed by atoms with van der Waals surface area (Å²) in [6.07, 6.45) is 2.05. The van der Waals surface area contributed by atoms with E-state index in [0.29, 0.717) is 29.3 Å². The number of amides is 1. The van der Waals surface area contributed by atoms with Crippen molar-refractivity contribution in [2.24, 2.45) is 0 Å². The van der Waals surface area contributed by atoms with E-state index in [1.165, 1.54) is 0 Å². The Morgan fingerprint density at radius 1 is 1.04 bits per heavy atom. The summed E-state index contributed by atoms with van der Waals surface area (Å²) < 4.78 is 0. The summed E-state index contributed by atoms with van der Waals surface area (Å²) in [6.45, 7) is 5.44. The molecule has 2 aromatic carbocycles. The first-order valence-corrected chi connectivity index (χ1v) is 9.18. The monoisotopic (exact) mass is 350 g/mol. The van der Waals surface area contributed by atoms with Crippen LogP contribution in [0.4, 0.5) is 0 Å². The number of aryl methyl sites for hydroxylation is 2. The average Bonchev–Trinajstić information content (AvgIpc) is 2.69. The molecule has 4 nitrogen and oxygen atoms in total. The predicted octanol–water partition coefficient (Wildman–Crippen LogP) is 3.36. The second-order valence-corrected chi connectivity index (χ2v) is 7.05. The van der Waals surface area contributed by atoms with E-state index in [-0.39, 0.29) is 11.7 Å². The summed E-state index contributed by atoms with van der Waals surface area (Å²) in [5, 5.41) is 3.25. The normalized spacial score (nSPS) is 17.2. The Labute approximate surface area is 155 Å². The topological polar surface area (TPSA) is 49.4 Å². The number of likely N-dealkylation sites (tertiary alicyclic amines) is 1. The van der Waals surface area contributed by atoms with Crippen LogP contribution >= 0.6 is 0 Å². The fraction of sp³-hybridized carbons (Fsp3) is 0.364. The number of piperidine rings is 1. The van der Waals surface area contributed by atoms with Gasteiger partial charge in [-0.05, 0) is 57.0 Å². The largest absolute Gasteiger partial charge is 0.337 e. The Bertz CT molecular complexity index is 829. The second-order valence-electron chi connectivity index (χ2n) is 7.05. The number of nitrogens with one attached hydrogen (secondary N) is 1. The molecule has 1 unspecified atom stereocenters. The van der Waals surface area contributed by atoms with Gasteiger partial charge in [-0.25, -0.2) is 0 Å². The summed E-state index contributed by atoms with van der Waals surface area (Å²) >= 11 is 0. The molecular formula is C22H26N2O2. The molecule has 0 radical (unpaired) electrons. The highest BCUT2D eigenvalue weighted by molar-refractivity contribution is 6.15. The van der Waals surface area contributed by atoms with Gasteiger partial charge in [0.05, 0.1) is 5.56 Å². The third-order valence-corrected chi connectivity index (χ3v) is 5.29. The first-order chi connectivity index (χ1) is 12.5. The number of nitrogens with zero attached hydrogens (tertiary/aromatic N) is 1. The van der Waals surface area contributed by atoms with Gasteiger partial charge in [-0.2, -0.15) is 0 Å². The maximum atomic E-state index is 13.1. The predicted molar refractivity (Wildman–Crippen MR) is 104 cm³/mol. The van der Waals surface area contributed by atoms with Crippen molar-refractivity contribution >= 4 is 11.7 Å². The first kappa shape index (κ1) is 18.3. The van der Waals surface area contributed by atoms with Crippen molar-refractivity contribution in [2.75, 3.05) is 20.1 Å². The van der Waals surface area contributed by atoms with Crippen LogP contribution in [0.25, 0.3) is 0 Å². The lowest BCUT2D eigenvalue weighted by Gasteiger charge is -2.33. The van der Waals surface area contributed by atoms with Gasteiger partial charge >= 0.3 is 0 Å². The highest BCUT2D eigenvalue weighted by atomic mass is 16.2. The fourth-order valence-electron chi connectivity index (χ4n) is 3.47. The average molecular weight is 350 g/mol. The van der Waals surface area contributed by atoms with E-state index in [1.807, 2.05) is 56.1 Å². The van der Waals surface area contributed by atoms with Gasteiger partial charge in [0.25, 0.3) is 5.91 Å². The van der Waals surface area contributed by atoms with Crippen LogP contribution in [0.5, 0.6) is 0 Å². The minimum absolute atomic E-state index is 0.0577. The Kier molecular flexibility index (Phi) is 5.52. The zero-order valence-electron chi connectivity index (χ0n) is 15.7. The minimum atomic E-state index is -0.0979. The molecular weight excluding hydrogens is 324 g/mol. The smallest absolute Gasteiger partial charge is 0.254 e. The second kappa shape index (κ2) is 7.83. The van der Waals surface area contributed by atoms with Gasteiger partial charge < -0.3 is 10.2 Å². The summed E-state index contributed by atoms with van der Waals surface area (Å²) in [5.41, 5.74) is 3.82. The van der Waals surface area contributed by atoms with Gasteiger partial charge in [0, 0.05) is 30.3 Å². The lowest BCUT2D eigenvalue weighted by molar-refractivity contribution is 0.0694. The van der Waals surface area contributed by atoms with E-state index in [9.17, 15) is 9.59 Å². The van der Waals surface area contributed by atoms with Crippen LogP contribution in [-0.4, -0.2) is 42.8 Å². The van der Waals surface area contributed by atoms with Crippen molar-refractivity contribution in [3.63, 3.8) is 0 Å². The van der Waals surface area contributed by atoms with Crippen LogP contribution in [0, 0.1) is 13.8 Å². The van der Waals surface area contributed by atoms with Gasteiger partial charge in [-0.15, -0.1) is 0 Å². The van der Waals surface area contributed by atoms with Crippen molar-refractivity contribution < 1.29 is 9.59 Å². The van der Waals surface area contributed by atoms with Crippen molar-refractivity contribution in [1.82, 2.24) is 10.2 Å². The van der Waals surface area contributed by atoms with E-state index >= 15 is 0 Å².